The molecular formula is C24H24FN5O3. The molecule has 2 unspecified atom stereocenters. The summed E-state index contributed by atoms with van der Waals surface area (Å²) in [5.74, 6) is 0.368. The third-order valence-electron chi connectivity index (χ3n) is 6.51. The standard InChI is InChI=1S/C24H24FN5O3/c1-14-15(2)30-20-21(26-23(30)29(14)18-11-7-8-12-19(18)33-4)27(3)24(32)28(22(20)31)13-16-9-5-6-10-17(16)25/h5-12,20-21H,13H2,1-4H3. The van der Waals surface area contributed by atoms with Crippen molar-refractivity contribution in [1.29, 1.82) is 0 Å². The van der Waals surface area contributed by atoms with Crippen LogP contribution < -0.4 is 9.64 Å². The van der Waals surface area contributed by atoms with Gasteiger partial charge >= 0.3 is 6.03 Å². The molecule has 3 amide bonds. The second-order valence-electron chi connectivity index (χ2n) is 8.24. The number of anilines is 1. The third-order valence-corrected chi connectivity index (χ3v) is 6.51. The van der Waals surface area contributed by atoms with E-state index in [4.69, 9.17) is 9.73 Å². The van der Waals surface area contributed by atoms with Gasteiger partial charge in [-0.1, -0.05) is 30.3 Å². The number of para-hydroxylation sites is 2. The van der Waals surface area contributed by atoms with Gasteiger partial charge in [0.1, 0.15) is 11.6 Å². The molecular weight excluding hydrogens is 425 g/mol. The maximum atomic E-state index is 14.3. The van der Waals surface area contributed by atoms with Crippen LogP contribution in [0.1, 0.15) is 19.4 Å². The van der Waals surface area contributed by atoms with E-state index in [2.05, 4.69) is 0 Å². The lowest BCUT2D eigenvalue weighted by Gasteiger charge is -2.40. The number of guanidine groups is 1. The van der Waals surface area contributed by atoms with Gasteiger partial charge in [0.25, 0.3) is 5.91 Å². The number of rotatable bonds is 4. The van der Waals surface area contributed by atoms with Crippen LogP contribution in [0.25, 0.3) is 0 Å². The van der Waals surface area contributed by atoms with E-state index in [-0.39, 0.29) is 12.1 Å². The fourth-order valence-corrected chi connectivity index (χ4v) is 4.66. The fraction of sp³-hybridized carbons (Fsp3) is 0.292. The Morgan fingerprint density at radius 2 is 1.73 bits per heavy atom. The van der Waals surface area contributed by atoms with Crippen molar-refractivity contribution in [2.45, 2.75) is 32.6 Å². The number of imide groups is 1. The van der Waals surface area contributed by atoms with Crippen LogP contribution in [0, 0.1) is 5.82 Å². The molecule has 0 aromatic heterocycles. The Labute approximate surface area is 191 Å². The first-order valence-corrected chi connectivity index (χ1v) is 10.6. The summed E-state index contributed by atoms with van der Waals surface area (Å²) < 4.78 is 19.8. The molecule has 2 aromatic carbocycles. The summed E-state index contributed by atoms with van der Waals surface area (Å²) in [6.45, 7) is 3.74. The molecule has 8 nitrogen and oxygen atoms in total. The summed E-state index contributed by atoms with van der Waals surface area (Å²) >= 11 is 0. The molecule has 0 bridgehead atoms. The van der Waals surface area contributed by atoms with Crippen LogP contribution in [-0.2, 0) is 11.3 Å². The number of aliphatic imine (C=N–C) groups is 1. The van der Waals surface area contributed by atoms with Gasteiger partial charge in [-0.25, -0.2) is 14.2 Å². The molecule has 3 aliphatic heterocycles. The van der Waals surface area contributed by atoms with Crippen LogP contribution in [-0.4, -0.2) is 59.0 Å². The van der Waals surface area contributed by atoms with Crippen molar-refractivity contribution in [3.8, 4) is 5.75 Å². The number of hydrogen-bond acceptors (Lipinski definition) is 6. The molecule has 0 aliphatic carbocycles. The summed E-state index contributed by atoms with van der Waals surface area (Å²) in [5, 5.41) is 0. The molecule has 1 fully saturated rings. The van der Waals surface area contributed by atoms with Crippen molar-refractivity contribution < 1.29 is 18.7 Å². The molecule has 3 heterocycles. The number of urea groups is 1. The molecule has 3 aliphatic rings. The van der Waals surface area contributed by atoms with Gasteiger partial charge in [-0.2, -0.15) is 0 Å². The predicted molar refractivity (Wildman–Crippen MR) is 121 cm³/mol. The van der Waals surface area contributed by atoms with Crippen LogP contribution in [0.3, 0.4) is 0 Å². The molecule has 0 spiro atoms. The second kappa shape index (κ2) is 7.61. The fourth-order valence-electron chi connectivity index (χ4n) is 4.66. The number of benzene rings is 2. The number of methoxy groups -OCH3 is 1. The lowest BCUT2D eigenvalue weighted by molar-refractivity contribution is -0.137. The topological polar surface area (TPSA) is 68.7 Å². The summed E-state index contributed by atoms with van der Waals surface area (Å²) in [6, 6.07) is 12.5. The molecule has 0 radical (unpaired) electrons. The van der Waals surface area contributed by atoms with Crippen LogP contribution in [0.15, 0.2) is 64.9 Å². The molecule has 1 saturated heterocycles. The molecule has 0 saturated carbocycles. The Balaban J connectivity index is 1.54. The number of carbonyl (C=O) groups excluding carboxylic acids is 2. The van der Waals surface area contributed by atoms with Crippen LogP contribution >= 0.6 is 0 Å². The van der Waals surface area contributed by atoms with E-state index in [9.17, 15) is 14.0 Å². The normalized spacial score (nSPS) is 22.2. The first-order valence-electron chi connectivity index (χ1n) is 10.6. The van der Waals surface area contributed by atoms with Crippen LogP contribution in [0.4, 0.5) is 14.9 Å². The zero-order valence-corrected chi connectivity index (χ0v) is 18.8. The number of halogens is 1. The minimum absolute atomic E-state index is 0.140. The lowest BCUT2D eigenvalue weighted by Crippen LogP contribution is -2.64. The molecule has 5 rings (SSSR count). The number of amides is 3. The highest BCUT2D eigenvalue weighted by molar-refractivity contribution is 6.11. The number of fused-ring (bicyclic) bond motifs is 3. The highest BCUT2D eigenvalue weighted by atomic mass is 19.1. The average molecular weight is 449 g/mol. The molecule has 2 atom stereocenters. The molecule has 170 valence electrons. The van der Waals surface area contributed by atoms with Crippen molar-refractivity contribution in [2.24, 2.45) is 4.99 Å². The van der Waals surface area contributed by atoms with E-state index in [1.807, 2.05) is 47.9 Å². The first-order chi connectivity index (χ1) is 15.8. The highest BCUT2D eigenvalue weighted by Gasteiger charge is 2.56. The second-order valence-corrected chi connectivity index (χ2v) is 8.24. The van der Waals surface area contributed by atoms with Gasteiger partial charge in [-0.15, -0.1) is 0 Å². The Morgan fingerprint density at radius 3 is 2.45 bits per heavy atom. The van der Waals surface area contributed by atoms with E-state index in [1.54, 1.807) is 32.4 Å². The Bertz CT molecular complexity index is 1230. The summed E-state index contributed by atoms with van der Waals surface area (Å²) in [4.78, 5) is 37.9. The van der Waals surface area contributed by atoms with Crippen molar-refractivity contribution in [2.75, 3.05) is 19.1 Å². The third kappa shape index (κ3) is 2.99. The van der Waals surface area contributed by atoms with E-state index in [0.29, 0.717) is 11.7 Å². The first kappa shape index (κ1) is 21.0. The Hall–Kier alpha value is -3.88. The van der Waals surface area contributed by atoms with E-state index < -0.39 is 30.0 Å². The van der Waals surface area contributed by atoms with Gasteiger partial charge in [-0.3, -0.25) is 19.5 Å². The van der Waals surface area contributed by atoms with Gasteiger partial charge in [0.2, 0.25) is 5.96 Å². The van der Waals surface area contributed by atoms with Crippen LogP contribution in [0.2, 0.25) is 0 Å². The van der Waals surface area contributed by atoms with Gasteiger partial charge in [0, 0.05) is 24.0 Å². The maximum Gasteiger partial charge on any atom is 0.328 e. The van der Waals surface area contributed by atoms with Gasteiger partial charge < -0.3 is 9.64 Å². The molecule has 0 N–H and O–H groups in total. The average Bonchev–Trinajstić information content (AvgIpc) is 3.31. The number of ether oxygens (including phenoxy) is 1. The summed E-state index contributed by atoms with van der Waals surface area (Å²) in [7, 11) is 3.22. The Morgan fingerprint density at radius 1 is 1.03 bits per heavy atom. The largest absolute Gasteiger partial charge is 0.495 e. The SMILES string of the molecule is COc1ccccc1N1C2=NC3C(C(=O)N(Cc4ccccc4F)C(=O)N3C)N2C(C)=C1C. The van der Waals surface area contributed by atoms with Crippen molar-refractivity contribution in [1.82, 2.24) is 14.7 Å². The number of hydrogen-bond donors (Lipinski definition) is 0. The minimum Gasteiger partial charge on any atom is -0.495 e. The summed E-state index contributed by atoms with van der Waals surface area (Å²) in [5.41, 5.74) is 2.84. The zero-order valence-electron chi connectivity index (χ0n) is 18.8. The Kier molecular flexibility index (Phi) is 4.84. The molecule has 33 heavy (non-hydrogen) atoms. The predicted octanol–water partition coefficient (Wildman–Crippen LogP) is 3.37. The smallest absolute Gasteiger partial charge is 0.328 e. The van der Waals surface area contributed by atoms with Gasteiger partial charge in [0.15, 0.2) is 12.2 Å². The van der Waals surface area contributed by atoms with Gasteiger partial charge in [0.05, 0.1) is 19.3 Å². The zero-order chi connectivity index (χ0) is 23.4. The van der Waals surface area contributed by atoms with Crippen molar-refractivity contribution in [3.05, 3.63) is 71.3 Å². The number of allylic oxidation sites excluding steroid dienone is 2. The van der Waals surface area contributed by atoms with E-state index in [1.165, 1.54) is 11.0 Å². The van der Waals surface area contributed by atoms with Gasteiger partial charge in [-0.05, 0) is 32.0 Å². The van der Waals surface area contributed by atoms with Crippen molar-refractivity contribution in [3.63, 3.8) is 0 Å². The number of carbonyl (C=O) groups is 2. The molecule has 9 heteroatoms. The maximum absolute atomic E-state index is 14.3. The quantitative estimate of drug-likeness (QED) is 0.716. The van der Waals surface area contributed by atoms with E-state index in [0.717, 1.165) is 22.0 Å². The molecule has 2 aromatic rings. The monoisotopic (exact) mass is 449 g/mol. The highest BCUT2D eigenvalue weighted by Crippen LogP contribution is 2.42. The van der Waals surface area contributed by atoms with Crippen molar-refractivity contribution >= 4 is 23.6 Å². The lowest BCUT2D eigenvalue weighted by atomic mass is 10.1. The summed E-state index contributed by atoms with van der Waals surface area (Å²) in [6.07, 6.45) is -0.683. The minimum atomic E-state index is -0.732. The number of nitrogens with zero attached hydrogens (tertiary/aromatic N) is 5. The van der Waals surface area contributed by atoms with E-state index >= 15 is 0 Å². The number of likely N-dealkylation sites (N-methyl/N-ethyl adjacent to an activating group) is 1. The van der Waals surface area contributed by atoms with Crippen LogP contribution in [0.5, 0.6) is 5.75 Å².